The summed E-state index contributed by atoms with van der Waals surface area (Å²) in [5.74, 6) is 0. The van der Waals surface area contributed by atoms with Crippen molar-refractivity contribution in [3.8, 4) is 0 Å². The fourth-order valence-electron chi connectivity index (χ4n) is 9.88. The van der Waals surface area contributed by atoms with Crippen LogP contribution in [0.15, 0.2) is 0 Å². The molecule has 10 heteroatoms. The van der Waals surface area contributed by atoms with Gasteiger partial charge in [0.25, 0.3) is 0 Å². The molecule has 0 radical (unpaired) electrons. The Balaban J connectivity index is 0.00000676. The predicted octanol–water partition coefficient (Wildman–Crippen LogP) is 3.50. The first kappa shape index (κ1) is 30.6. The van der Waals surface area contributed by atoms with Gasteiger partial charge in [-0.1, -0.05) is 111 Å². The molecule has 156 valence electrons. The second-order valence-corrected chi connectivity index (χ2v) is 120. The van der Waals surface area contributed by atoms with Crippen LogP contribution in [0.25, 0.3) is 0 Å². The van der Waals surface area contributed by atoms with E-state index in [9.17, 15) is 0 Å². The molecular weight excluding hydrogens is 496 g/mol. The Kier molecular flexibility index (Phi) is 9.19. The van der Waals surface area contributed by atoms with Crippen LogP contribution in [0.2, 0.25) is 111 Å². The summed E-state index contributed by atoms with van der Waals surface area (Å²) in [5.41, 5.74) is 0. The molecule has 0 atom stereocenters. The fraction of sp³-hybridized carbons (Fsp3) is 1.00. The van der Waals surface area contributed by atoms with Crippen LogP contribution in [0.4, 0.5) is 0 Å². The van der Waals surface area contributed by atoms with Gasteiger partial charge >= 0.3 is 51.4 Å². The normalized spacial score (nSPS) is 27.0. The Morgan fingerprint density at radius 3 is 0.852 bits per heavy atom. The van der Waals surface area contributed by atoms with Crippen LogP contribution >= 0.6 is 0 Å². The van der Waals surface area contributed by atoms with Gasteiger partial charge in [0, 0.05) is 21.3 Å². The summed E-state index contributed by atoms with van der Waals surface area (Å²) < 4.78 is 0. The van der Waals surface area contributed by atoms with Gasteiger partial charge in [0.05, 0.1) is 0 Å². The van der Waals surface area contributed by atoms with Gasteiger partial charge in [0.1, 0.15) is 0 Å². The molecule has 0 nitrogen and oxygen atoms in total. The summed E-state index contributed by atoms with van der Waals surface area (Å²) in [4.78, 5) is 0. The minimum atomic E-state index is -1.21. The molecule has 0 amide bonds. The minimum Gasteiger partial charge on any atom is -0.256 e. The van der Waals surface area contributed by atoms with Gasteiger partial charge in [-0.3, -0.25) is 7.35 Å². The molecule has 0 spiro atoms. The molecule has 27 heavy (non-hydrogen) atoms. The molecule has 0 unspecified atom stereocenters. The van der Waals surface area contributed by atoms with E-state index in [1.165, 1.54) is 0 Å². The maximum absolute atomic E-state index is 3.03. The van der Waals surface area contributed by atoms with Crippen molar-refractivity contribution in [1.29, 1.82) is 0 Å². The van der Waals surface area contributed by atoms with Crippen LogP contribution in [-0.2, 0) is 0 Å². The number of hydrogen-bond donors (Lipinski definition) is 0. The van der Waals surface area contributed by atoms with Gasteiger partial charge in [0.15, 0.2) is 0 Å². The van der Waals surface area contributed by atoms with Gasteiger partial charge in [-0.15, -0.1) is 21.8 Å². The van der Waals surface area contributed by atoms with Crippen LogP contribution < -0.4 is 51.4 Å². The van der Waals surface area contributed by atoms with E-state index in [0.29, 0.717) is 0 Å². The third-order valence-corrected chi connectivity index (χ3v) is 254. The standard InChI is InChI=1S/C17H51Si9.K/c1-19(2,3)18-22(10,11)24(14,15)26(20(4,5)6,21(7,8)9)25(16,17)23(18,12)13;/h1-17H3;/q-1;+1. The first-order valence-corrected chi connectivity index (χ1v) is 45.8. The second kappa shape index (κ2) is 8.12. The first-order chi connectivity index (χ1) is 10.9. The number of hydrogen-bond acceptors (Lipinski definition) is 0. The average Bonchev–Trinajstić information content (AvgIpc) is 2.17. The molecule has 1 saturated heterocycles. The Bertz CT molecular complexity index is 518. The van der Waals surface area contributed by atoms with Crippen molar-refractivity contribution in [3.63, 3.8) is 0 Å². The zero-order valence-electron chi connectivity index (χ0n) is 22.5. The smallest absolute Gasteiger partial charge is 0.256 e. The van der Waals surface area contributed by atoms with E-state index in [4.69, 9.17) is 0 Å². The zero-order valence-corrected chi connectivity index (χ0v) is 34.6. The van der Waals surface area contributed by atoms with Crippen molar-refractivity contribution in [3.05, 3.63) is 0 Å². The SMILES string of the molecule is C[Si](C)(C)[Si-]1[Si](C)(C)[Si](C)(C)[Si]([Si](C)(C)C)([Si](C)(C)C)[Si](C)(C)[Si]1(C)C.[K+]. The second-order valence-electron chi connectivity index (χ2n) is 14.4. The Hall–Kier alpha value is 3.59. The molecule has 0 aliphatic carbocycles. The van der Waals surface area contributed by atoms with Gasteiger partial charge in [-0.25, -0.2) is 0 Å². The van der Waals surface area contributed by atoms with E-state index in [1.807, 2.05) is 0 Å². The van der Waals surface area contributed by atoms with Crippen LogP contribution in [0.1, 0.15) is 0 Å². The van der Waals surface area contributed by atoms with Crippen molar-refractivity contribution in [2.45, 2.75) is 111 Å². The van der Waals surface area contributed by atoms with E-state index in [0.717, 1.165) is 0 Å². The molecule has 1 heterocycles. The maximum Gasteiger partial charge on any atom is 1.00 e. The Morgan fingerprint density at radius 2 is 0.704 bits per heavy atom. The van der Waals surface area contributed by atoms with E-state index in [1.54, 1.807) is 0 Å². The molecule has 1 aliphatic heterocycles. The van der Waals surface area contributed by atoms with E-state index in [2.05, 4.69) is 111 Å². The van der Waals surface area contributed by atoms with Crippen molar-refractivity contribution < 1.29 is 51.4 Å². The number of rotatable bonds is 3. The summed E-state index contributed by atoms with van der Waals surface area (Å²) in [6, 6.07) is 0. The molecule has 0 aromatic rings. The molecular formula is C17H51KSi9. The monoisotopic (exact) mass is 546 g/mol. The van der Waals surface area contributed by atoms with Crippen molar-refractivity contribution in [2.24, 2.45) is 0 Å². The maximum atomic E-state index is 3.03. The molecule has 0 saturated carbocycles. The zero-order chi connectivity index (χ0) is 21.6. The third-order valence-electron chi connectivity index (χ3n) is 9.25. The molecule has 0 N–H and O–H groups in total. The first-order valence-electron chi connectivity index (χ1n) is 10.8. The van der Waals surface area contributed by atoms with Crippen LogP contribution in [0.3, 0.4) is 0 Å². The van der Waals surface area contributed by atoms with Gasteiger partial charge in [-0.05, 0) is 14.2 Å². The minimum absolute atomic E-state index is 0. The summed E-state index contributed by atoms with van der Waals surface area (Å²) in [6.07, 6.45) is -1.21. The van der Waals surface area contributed by atoms with Crippen LogP contribution in [0, 0.1) is 0 Å². The molecule has 1 rings (SSSR count). The van der Waals surface area contributed by atoms with Crippen molar-refractivity contribution in [1.82, 2.24) is 0 Å². The summed E-state index contributed by atoms with van der Waals surface area (Å²) in [5, 5.41) is 0. The van der Waals surface area contributed by atoms with Crippen LogP contribution in [0.5, 0.6) is 0 Å². The van der Waals surface area contributed by atoms with E-state index < -0.39 is 57.4 Å². The summed E-state index contributed by atoms with van der Waals surface area (Å²) in [6.45, 7) is 49.8. The summed E-state index contributed by atoms with van der Waals surface area (Å²) >= 11 is 0. The van der Waals surface area contributed by atoms with E-state index >= 15 is 0 Å². The molecule has 0 aromatic heterocycles. The largest absolute Gasteiger partial charge is 1.00 e. The Labute approximate surface area is 224 Å². The van der Waals surface area contributed by atoms with Gasteiger partial charge in [-0.2, -0.15) is 0 Å². The Morgan fingerprint density at radius 1 is 0.481 bits per heavy atom. The third kappa shape index (κ3) is 3.94. The van der Waals surface area contributed by atoms with E-state index in [-0.39, 0.29) is 58.7 Å². The average molecular weight is 547 g/mol. The fourth-order valence-corrected chi connectivity index (χ4v) is 503. The predicted molar refractivity (Wildman–Crippen MR) is 151 cm³/mol. The molecule has 1 fully saturated rings. The van der Waals surface area contributed by atoms with Crippen LogP contribution in [-0.4, -0.2) is 64.7 Å². The summed E-state index contributed by atoms with van der Waals surface area (Å²) in [7, 11) is -8.08. The molecule has 1 aliphatic rings. The molecule has 0 aromatic carbocycles. The molecule has 0 bridgehead atoms. The topological polar surface area (TPSA) is 0 Å². The van der Waals surface area contributed by atoms with Crippen molar-refractivity contribution >= 4 is 64.7 Å². The van der Waals surface area contributed by atoms with Crippen molar-refractivity contribution in [2.75, 3.05) is 0 Å². The van der Waals surface area contributed by atoms with Gasteiger partial charge in [0.2, 0.25) is 0 Å². The van der Waals surface area contributed by atoms with Gasteiger partial charge < -0.3 is 0 Å². The quantitative estimate of drug-likeness (QED) is 0.475.